The highest BCUT2D eigenvalue weighted by molar-refractivity contribution is 8.71. The summed E-state index contributed by atoms with van der Waals surface area (Å²) < 4.78 is 29.1. The van der Waals surface area contributed by atoms with Gasteiger partial charge < -0.3 is 9.80 Å². The molecule has 0 aliphatic carbocycles. The smallest absolute Gasteiger partial charge is 0.244 e. The first-order valence-corrected chi connectivity index (χ1v) is 16.1. The molecule has 9 heteroatoms. The summed E-state index contributed by atoms with van der Waals surface area (Å²) in [6.07, 6.45) is 0.840. The lowest BCUT2D eigenvalue weighted by atomic mass is 10.1. The Bertz CT molecular complexity index is 1190. The molecule has 0 heterocycles. The van der Waals surface area contributed by atoms with Crippen LogP contribution in [0, 0.1) is 6.92 Å². The summed E-state index contributed by atoms with van der Waals surface area (Å²) in [5.74, 6) is 0. The number of benzene rings is 3. The molecule has 6 nitrogen and oxygen atoms in total. The zero-order valence-corrected chi connectivity index (χ0v) is 25.1. The van der Waals surface area contributed by atoms with Crippen LogP contribution in [0.15, 0.2) is 89.8 Å². The molecule has 3 aromatic rings. The lowest BCUT2D eigenvalue weighted by Gasteiger charge is -2.28. The van der Waals surface area contributed by atoms with Gasteiger partial charge in [-0.2, -0.15) is 12.6 Å². The third kappa shape index (κ3) is 10.0. The molecule has 0 fully saturated rings. The van der Waals surface area contributed by atoms with E-state index in [1.165, 1.54) is 5.56 Å². The molecule has 0 bridgehead atoms. The number of thiol groups is 1. The van der Waals surface area contributed by atoms with Crippen molar-refractivity contribution >= 4 is 32.5 Å². The fourth-order valence-corrected chi connectivity index (χ4v) is 6.80. The normalized spacial score (nSPS) is 14.5. The highest BCUT2D eigenvalue weighted by Crippen LogP contribution is 2.26. The number of aryl methyl sites for hydroxylation is 1. The van der Waals surface area contributed by atoms with E-state index < -0.39 is 8.87 Å². The van der Waals surface area contributed by atoms with Crippen molar-refractivity contribution in [2.75, 3.05) is 40.8 Å². The van der Waals surface area contributed by atoms with Crippen LogP contribution >= 0.6 is 23.6 Å². The van der Waals surface area contributed by atoms with Gasteiger partial charge in [0.25, 0.3) is 0 Å². The minimum Gasteiger partial charge on any atom is -0.308 e. The molecular formula is C29H40N4O2S3. The van der Waals surface area contributed by atoms with Crippen molar-refractivity contribution in [3.05, 3.63) is 102 Å². The quantitative estimate of drug-likeness (QED) is 0.101. The summed E-state index contributed by atoms with van der Waals surface area (Å²) >= 11 is 4.85. The second-order valence-electron chi connectivity index (χ2n) is 9.89. The van der Waals surface area contributed by atoms with Crippen LogP contribution in [0.1, 0.15) is 35.2 Å². The van der Waals surface area contributed by atoms with E-state index in [1.54, 1.807) is 12.1 Å². The van der Waals surface area contributed by atoms with Crippen molar-refractivity contribution in [1.29, 1.82) is 0 Å². The van der Waals surface area contributed by atoms with Crippen molar-refractivity contribution in [2.24, 2.45) is 0 Å². The lowest BCUT2D eigenvalue weighted by molar-refractivity contribution is 0.287. The van der Waals surface area contributed by atoms with Crippen LogP contribution in [-0.2, 0) is 8.87 Å². The highest BCUT2D eigenvalue weighted by atomic mass is 33.1. The first kappa shape index (κ1) is 30.7. The van der Waals surface area contributed by atoms with Gasteiger partial charge in [0.15, 0.2) is 0 Å². The van der Waals surface area contributed by atoms with Gasteiger partial charge in [0.2, 0.25) is 8.87 Å². The van der Waals surface area contributed by atoms with Crippen LogP contribution in [0.25, 0.3) is 0 Å². The lowest BCUT2D eigenvalue weighted by Crippen LogP contribution is -2.38. The van der Waals surface area contributed by atoms with E-state index in [2.05, 4.69) is 65.2 Å². The van der Waals surface area contributed by atoms with Crippen molar-refractivity contribution in [3.63, 3.8) is 0 Å². The summed E-state index contributed by atoms with van der Waals surface area (Å²) in [7, 11) is 3.46. The van der Waals surface area contributed by atoms with Gasteiger partial charge in [0.05, 0.1) is 27.3 Å². The SMILES string of the molecule is Cc1ccc(S(=O)(=O)SN[C@H](CN(C)CCC(S)N[C@@H](CN(C)C)c2ccccc2)c2ccccc2)cc1. The summed E-state index contributed by atoms with van der Waals surface area (Å²) in [6.45, 7) is 4.29. The Morgan fingerprint density at radius 3 is 1.92 bits per heavy atom. The Morgan fingerprint density at radius 2 is 1.37 bits per heavy atom. The molecular weight excluding hydrogens is 533 g/mol. The van der Waals surface area contributed by atoms with E-state index in [-0.39, 0.29) is 17.5 Å². The number of nitrogens with zero attached hydrogens (tertiary/aromatic N) is 2. The van der Waals surface area contributed by atoms with Crippen molar-refractivity contribution < 1.29 is 8.42 Å². The molecule has 206 valence electrons. The van der Waals surface area contributed by atoms with E-state index >= 15 is 0 Å². The van der Waals surface area contributed by atoms with Gasteiger partial charge >= 0.3 is 0 Å². The van der Waals surface area contributed by atoms with E-state index in [4.69, 9.17) is 12.6 Å². The van der Waals surface area contributed by atoms with Gasteiger partial charge in [-0.15, -0.1) is 0 Å². The molecule has 0 aromatic heterocycles. The van der Waals surface area contributed by atoms with Crippen molar-refractivity contribution in [3.8, 4) is 0 Å². The minimum absolute atomic E-state index is 0.0158. The summed E-state index contributed by atoms with van der Waals surface area (Å²) in [4.78, 5) is 4.70. The standard InChI is InChI=1S/C29H40N4O2S3/c1-23-15-17-26(18-16-23)38(34,35)37-31-28(25-13-9-6-10-14-25)22-33(4)20-19-29(36)30-27(21-32(2)3)24-11-7-5-8-12-24/h5-18,27-31,36H,19-22H2,1-4H3/t27-,28+,29?/m0/s1. The monoisotopic (exact) mass is 572 g/mol. The minimum atomic E-state index is -3.53. The van der Waals surface area contributed by atoms with Gasteiger partial charge in [0.1, 0.15) is 0 Å². The van der Waals surface area contributed by atoms with Gasteiger partial charge in [-0.1, -0.05) is 78.4 Å². The van der Waals surface area contributed by atoms with E-state index in [1.807, 2.05) is 55.5 Å². The van der Waals surface area contributed by atoms with Crippen LogP contribution in [0.5, 0.6) is 0 Å². The van der Waals surface area contributed by atoms with Crippen LogP contribution in [-0.4, -0.2) is 64.4 Å². The number of rotatable bonds is 15. The van der Waals surface area contributed by atoms with Crippen LogP contribution < -0.4 is 10.0 Å². The summed E-state index contributed by atoms with van der Waals surface area (Å²) in [6, 6.07) is 27.4. The number of likely N-dealkylation sites (N-methyl/N-ethyl adjacent to an activating group) is 2. The van der Waals surface area contributed by atoms with Crippen LogP contribution in [0.2, 0.25) is 0 Å². The highest BCUT2D eigenvalue weighted by Gasteiger charge is 2.21. The van der Waals surface area contributed by atoms with Gasteiger partial charge in [-0.05, 0) is 57.7 Å². The largest absolute Gasteiger partial charge is 0.308 e. The fourth-order valence-electron chi connectivity index (χ4n) is 4.14. The summed E-state index contributed by atoms with van der Waals surface area (Å²) in [5, 5.41) is 3.68. The Morgan fingerprint density at radius 1 is 0.816 bits per heavy atom. The second kappa shape index (κ2) is 15.1. The maximum absolute atomic E-state index is 12.9. The summed E-state index contributed by atoms with van der Waals surface area (Å²) in [5.41, 5.74) is 3.31. The molecule has 0 saturated heterocycles. The third-order valence-electron chi connectivity index (χ3n) is 6.23. The first-order chi connectivity index (χ1) is 18.1. The van der Waals surface area contributed by atoms with Crippen LogP contribution in [0.4, 0.5) is 0 Å². The fraction of sp³-hybridized carbons (Fsp3) is 0.379. The zero-order valence-electron chi connectivity index (χ0n) is 22.6. The van der Waals surface area contributed by atoms with E-state index in [9.17, 15) is 8.42 Å². The predicted molar refractivity (Wildman–Crippen MR) is 164 cm³/mol. The Kier molecular flexibility index (Phi) is 12.2. The molecule has 0 spiro atoms. The molecule has 0 radical (unpaired) electrons. The molecule has 0 saturated carbocycles. The number of hydrogen-bond donors (Lipinski definition) is 3. The second-order valence-corrected chi connectivity index (χ2v) is 14.1. The van der Waals surface area contributed by atoms with Crippen LogP contribution in [0.3, 0.4) is 0 Å². The predicted octanol–water partition coefficient (Wildman–Crippen LogP) is 5.13. The molecule has 0 amide bonds. The molecule has 3 rings (SSSR count). The van der Waals surface area contributed by atoms with Gasteiger partial charge in [-0.3, -0.25) is 5.32 Å². The van der Waals surface area contributed by atoms with E-state index in [0.29, 0.717) is 11.4 Å². The molecule has 0 aliphatic heterocycles. The molecule has 3 aromatic carbocycles. The van der Waals surface area contributed by atoms with Gasteiger partial charge in [-0.25, -0.2) is 13.1 Å². The topological polar surface area (TPSA) is 64.7 Å². The molecule has 38 heavy (non-hydrogen) atoms. The molecule has 2 N–H and O–H groups in total. The van der Waals surface area contributed by atoms with E-state index in [0.717, 1.165) is 41.6 Å². The average Bonchev–Trinajstić information content (AvgIpc) is 2.90. The number of hydrogen-bond acceptors (Lipinski definition) is 8. The molecule has 1 unspecified atom stereocenters. The first-order valence-electron chi connectivity index (χ1n) is 12.8. The maximum Gasteiger partial charge on any atom is 0.244 e. The Labute approximate surface area is 238 Å². The van der Waals surface area contributed by atoms with Crippen molar-refractivity contribution in [2.45, 2.75) is 35.7 Å². The molecule has 3 atom stereocenters. The molecule has 0 aliphatic rings. The number of nitrogens with one attached hydrogen (secondary N) is 2. The average molecular weight is 573 g/mol. The maximum atomic E-state index is 12.9. The van der Waals surface area contributed by atoms with Gasteiger partial charge in [0, 0.05) is 25.7 Å². The Balaban J connectivity index is 1.59. The third-order valence-corrected chi connectivity index (χ3v) is 9.61. The van der Waals surface area contributed by atoms with Crippen molar-refractivity contribution in [1.82, 2.24) is 19.8 Å². The zero-order chi connectivity index (χ0) is 27.5. The Hall–Kier alpha value is -1.85.